The van der Waals surface area contributed by atoms with E-state index < -0.39 is 0 Å². The molecule has 0 radical (unpaired) electrons. The number of rotatable bonds is 15. The second kappa shape index (κ2) is 14.0. The lowest BCUT2D eigenvalue weighted by Gasteiger charge is -2.58. The fraction of sp³-hybridized carbons (Fsp3) is 0.946. The van der Waals surface area contributed by atoms with Crippen molar-refractivity contribution >= 4 is 0 Å². The van der Waals surface area contributed by atoms with E-state index in [2.05, 4.69) is 47.6 Å². The normalized spacial score (nSPS) is 37.4. The number of allylic oxidation sites excluding steroid dienone is 1. The summed E-state index contributed by atoms with van der Waals surface area (Å²) < 4.78 is 6.49. The molecule has 1 nitrogen and oxygen atoms in total. The second-order valence-electron chi connectivity index (χ2n) is 15.5. The van der Waals surface area contributed by atoms with Crippen LogP contribution in [0.2, 0.25) is 0 Å². The summed E-state index contributed by atoms with van der Waals surface area (Å²) in [5.41, 5.74) is 2.87. The van der Waals surface area contributed by atoms with Crippen LogP contribution < -0.4 is 0 Å². The van der Waals surface area contributed by atoms with Gasteiger partial charge in [0, 0.05) is 6.61 Å². The van der Waals surface area contributed by atoms with E-state index in [4.69, 9.17) is 4.74 Å². The van der Waals surface area contributed by atoms with Crippen molar-refractivity contribution in [2.45, 2.75) is 170 Å². The summed E-state index contributed by atoms with van der Waals surface area (Å²) in [6, 6.07) is 0. The number of hydrogen-bond donors (Lipinski definition) is 0. The molecule has 7 unspecified atom stereocenters. The molecular weight excluding hydrogens is 460 g/mol. The fourth-order valence-electron chi connectivity index (χ4n) is 10.3. The van der Waals surface area contributed by atoms with Crippen LogP contribution in [0.4, 0.5) is 0 Å². The summed E-state index contributed by atoms with van der Waals surface area (Å²) in [5, 5.41) is 0. The number of hydrogen-bond acceptors (Lipinski definition) is 1. The predicted octanol–water partition coefficient (Wildman–Crippen LogP) is 11.6. The van der Waals surface area contributed by atoms with Crippen LogP contribution in [0.1, 0.15) is 164 Å². The lowest BCUT2D eigenvalue weighted by atomic mass is 9.47. The van der Waals surface area contributed by atoms with Crippen LogP contribution >= 0.6 is 0 Å². The third-order valence-electron chi connectivity index (χ3n) is 12.6. The minimum absolute atomic E-state index is 0.462. The molecule has 0 aromatic carbocycles. The predicted molar refractivity (Wildman–Crippen MR) is 165 cm³/mol. The largest absolute Gasteiger partial charge is 0.378 e. The Hall–Kier alpha value is -0.300. The minimum atomic E-state index is 0.462. The first kappa shape index (κ1) is 30.7. The Morgan fingerprint density at radius 1 is 0.816 bits per heavy atom. The van der Waals surface area contributed by atoms with Gasteiger partial charge in [-0.25, -0.2) is 0 Å². The molecule has 220 valence electrons. The Balaban J connectivity index is 1.26. The molecule has 38 heavy (non-hydrogen) atoms. The first-order chi connectivity index (χ1) is 18.3. The molecular formula is C37H66O. The maximum absolute atomic E-state index is 6.49. The first-order valence-electron chi connectivity index (χ1n) is 17.6. The maximum atomic E-state index is 6.49. The molecule has 4 aliphatic rings. The topological polar surface area (TPSA) is 9.23 Å². The molecule has 4 aliphatic carbocycles. The standard InChI is InChI=1S/C37H66O/c1-7-8-9-10-11-12-13-14-26-38-31-22-24-36(5)30(27-31)18-19-32-34-21-20-33(29(4)17-15-16-28(2)3)37(34,6)25-23-35(32)36/h18,28-29,31-35H,7-17,19-27H2,1-6H3/t29?,31-,32?,33?,34?,35?,36?,37?/m0/s1. The minimum Gasteiger partial charge on any atom is -0.378 e. The van der Waals surface area contributed by atoms with Gasteiger partial charge in [0.1, 0.15) is 0 Å². The summed E-state index contributed by atoms with van der Waals surface area (Å²) in [6.07, 6.45) is 29.9. The zero-order valence-electron chi connectivity index (χ0n) is 26.7. The second-order valence-corrected chi connectivity index (χ2v) is 15.5. The highest BCUT2D eigenvalue weighted by atomic mass is 16.5. The summed E-state index contributed by atoms with van der Waals surface area (Å²) in [5.74, 6) is 5.61. The molecule has 0 spiro atoms. The molecule has 0 aliphatic heterocycles. The Labute approximate surface area is 238 Å². The van der Waals surface area contributed by atoms with Crippen molar-refractivity contribution in [3.8, 4) is 0 Å². The molecule has 1 heteroatoms. The van der Waals surface area contributed by atoms with Crippen LogP contribution in [-0.2, 0) is 4.74 Å². The van der Waals surface area contributed by atoms with E-state index in [0.29, 0.717) is 16.9 Å². The molecule has 8 atom stereocenters. The monoisotopic (exact) mass is 527 g/mol. The fourth-order valence-corrected chi connectivity index (χ4v) is 10.3. The van der Waals surface area contributed by atoms with Crippen molar-refractivity contribution in [2.24, 2.45) is 46.3 Å². The van der Waals surface area contributed by atoms with Gasteiger partial charge in [-0.1, -0.05) is 117 Å². The van der Waals surface area contributed by atoms with Crippen LogP contribution in [0.15, 0.2) is 11.6 Å². The van der Waals surface area contributed by atoms with Crippen LogP contribution in [0, 0.1) is 46.3 Å². The zero-order chi connectivity index (χ0) is 27.2. The number of ether oxygens (including phenoxy) is 1. The Morgan fingerprint density at radius 2 is 1.55 bits per heavy atom. The highest BCUT2D eigenvalue weighted by Gasteiger charge is 2.59. The van der Waals surface area contributed by atoms with Crippen LogP contribution in [0.3, 0.4) is 0 Å². The number of unbranched alkanes of at least 4 members (excludes halogenated alkanes) is 7. The van der Waals surface area contributed by atoms with E-state index in [0.717, 1.165) is 42.1 Å². The molecule has 0 heterocycles. The Morgan fingerprint density at radius 3 is 2.29 bits per heavy atom. The third-order valence-corrected chi connectivity index (χ3v) is 12.6. The van der Waals surface area contributed by atoms with Crippen LogP contribution in [0.5, 0.6) is 0 Å². The molecule has 0 saturated heterocycles. The quantitative estimate of drug-likeness (QED) is 0.152. The molecule has 0 aromatic rings. The first-order valence-corrected chi connectivity index (χ1v) is 17.6. The SMILES string of the molecule is CCCCCCCCCCO[C@H]1CCC2(C)C(=CCC3C2CCC2(C)C(C(C)CCCC(C)C)CCC32)C1. The molecule has 0 amide bonds. The van der Waals surface area contributed by atoms with Gasteiger partial charge in [0.2, 0.25) is 0 Å². The van der Waals surface area contributed by atoms with Gasteiger partial charge in [-0.2, -0.15) is 0 Å². The summed E-state index contributed by atoms with van der Waals surface area (Å²) in [7, 11) is 0. The number of fused-ring (bicyclic) bond motifs is 5. The van der Waals surface area contributed by atoms with Gasteiger partial charge in [-0.05, 0) is 104 Å². The smallest absolute Gasteiger partial charge is 0.0612 e. The average molecular weight is 527 g/mol. The van der Waals surface area contributed by atoms with Gasteiger partial charge < -0.3 is 4.74 Å². The molecule has 0 aromatic heterocycles. The average Bonchev–Trinajstić information content (AvgIpc) is 3.25. The zero-order valence-corrected chi connectivity index (χ0v) is 26.7. The molecule has 0 bridgehead atoms. The van der Waals surface area contributed by atoms with Crippen molar-refractivity contribution in [2.75, 3.05) is 6.61 Å². The van der Waals surface area contributed by atoms with Crippen molar-refractivity contribution in [1.29, 1.82) is 0 Å². The molecule has 3 fully saturated rings. The van der Waals surface area contributed by atoms with Gasteiger partial charge >= 0.3 is 0 Å². The van der Waals surface area contributed by atoms with Crippen molar-refractivity contribution in [3.63, 3.8) is 0 Å². The van der Waals surface area contributed by atoms with Gasteiger partial charge in [-0.15, -0.1) is 0 Å². The van der Waals surface area contributed by atoms with Gasteiger partial charge in [0.25, 0.3) is 0 Å². The van der Waals surface area contributed by atoms with Crippen molar-refractivity contribution in [3.05, 3.63) is 11.6 Å². The van der Waals surface area contributed by atoms with Crippen molar-refractivity contribution < 1.29 is 4.74 Å². The lowest BCUT2D eigenvalue weighted by Crippen LogP contribution is -2.51. The van der Waals surface area contributed by atoms with E-state index in [1.165, 1.54) is 122 Å². The maximum Gasteiger partial charge on any atom is 0.0612 e. The van der Waals surface area contributed by atoms with E-state index >= 15 is 0 Å². The van der Waals surface area contributed by atoms with E-state index in [9.17, 15) is 0 Å². The third kappa shape index (κ3) is 6.94. The molecule has 0 N–H and O–H groups in total. The van der Waals surface area contributed by atoms with E-state index in [-0.39, 0.29) is 0 Å². The Kier molecular flexibility index (Phi) is 11.3. The summed E-state index contributed by atoms with van der Waals surface area (Å²) >= 11 is 0. The van der Waals surface area contributed by atoms with Crippen molar-refractivity contribution in [1.82, 2.24) is 0 Å². The van der Waals surface area contributed by atoms with Gasteiger partial charge in [0.15, 0.2) is 0 Å². The van der Waals surface area contributed by atoms with Crippen LogP contribution in [0.25, 0.3) is 0 Å². The lowest BCUT2D eigenvalue weighted by molar-refractivity contribution is -0.0641. The van der Waals surface area contributed by atoms with E-state index in [1.54, 1.807) is 5.57 Å². The summed E-state index contributed by atoms with van der Waals surface area (Å²) in [4.78, 5) is 0. The van der Waals surface area contributed by atoms with Gasteiger partial charge in [-0.3, -0.25) is 0 Å². The molecule has 3 saturated carbocycles. The highest BCUT2D eigenvalue weighted by molar-refractivity contribution is 5.25. The summed E-state index contributed by atoms with van der Waals surface area (Å²) in [6.45, 7) is 16.1. The van der Waals surface area contributed by atoms with E-state index in [1.807, 2.05) is 0 Å². The molecule has 4 rings (SSSR count). The Bertz CT molecular complexity index is 737. The van der Waals surface area contributed by atoms with Crippen LogP contribution in [-0.4, -0.2) is 12.7 Å². The highest BCUT2D eigenvalue weighted by Crippen LogP contribution is 2.67. The van der Waals surface area contributed by atoms with Gasteiger partial charge in [0.05, 0.1) is 6.10 Å².